The molecule has 0 unspecified atom stereocenters. The van der Waals surface area contributed by atoms with Crippen molar-refractivity contribution in [3.63, 3.8) is 0 Å². The Morgan fingerprint density at radius 2 is 2.24 bits per heavy atom. The van der Waals surface area contributed by atoms with Gasteiger partial charge in [-0.3, -0.25) is 4.79 Å². The van der Waals surface area contributed by atoms with E-state index in [4.69, 9.17) is 5.26 Å². The molecule has 0 bridgehead atoms. The van der Waals surface area contributed by atoms with Crippen LogP contribution in [-0.2, 0) is 4.79 Å². The van der Waals surface area contributed by atoms with Crippen LogP contribution in [0.4, 0.5) is 5.69 Å². The SMILES string of the molecule is CC(C)NC(=O)CNc1ccc(Br)cc1C#N. The summed E-state index contributed by atoms with van der Waals surface area (Å²) in [6.45, 7) is 3.96. The van der Waals surface area contributed by atoms with Crippen molar-refractivity contribution in [2.24, 2.45) is 0 Å². The second-order valence-corrected chi connectivity index (χ2v) is 4.79. The van der Waals surface area contributed by atoms with Gasteiger partial charge >= 0.3 is 0 Å². The van der Waals surface area contributed by atoms with Gasteiger partial charge in [-0.05, 0) is 32.0 Å². The van der Waals surface area contributed by atoms with Gasteiger partial charge in [0, 0.05) is 10.5 Å². The second kappa shape index (κ2) is 6.26. The van der Waals surface area contributed by atoms with Crippen LogP contribution in [0.5, 0.6) is 0 Å². The first-order chi connectivity index (χ1) is 8.02. The van der Waals surface area contributed by atoms with E-state index >= 15 is 0 Å². The number of amides is 1. The molecule has 0 fully saturated rings. The van der Waals surface area contributed by atoms with Crippen LogP contribution in [0, 0.1) is 11.3 Å². The molecule has 0 saturated carbocycles. The fourth-order valence-electron chi connectivity index (χ4n) is 1.31. The highest BCUT2D eigenvalue weighted by molar-refractivity contribution is 9.10. The lowest BCUT2D eigenvalue weighted by Crippen LogP contribution is -2.34. The molecular formula is C12H14BrN3O. The van der Waals surface area contributed by atoms with Crippen LogP contribution in [0.15, 0.2) is 22.7 Å². The Balaban J connectivity index is 2.64. The maximum absolute atomic E-state index is 11.4. The third kappa shape index (κ3) is 4.45. The summed E-state index contributed by atoms with van der Waals surface area (Å²) < 4.78 is 0.839. The molecule has 0 aliphatic rings. The molecule has 0 saturated heterocycles. The number of nitrogens with one attached hydrogen (secondary N) is 2. The zero-order chi connectivity index (χ0) is 12.8. The van der Waals surface area contributed by atoms with E-state index in [9.17, 15) is 4.79 Å². The smallest absolute Gasteiger partial charge is 0.239 e. The number of anilines is 1. The molecule has 0 aliphatic carbocycles. The van der Waals surface area contributed by atoms with E-state index in [-0.39, 0.29) is 18.5 Å². The fraction of sp³-hybridized carbons (Fsp3) is 0.333. The highest BCUT2D eigenvalue weighted by Gasteiger charge is 2.06. The highest BCUT2D eigenvalue weighted by atomic mass is 79.9. The van der Waals surface area contributed by atoms with Crippen LogP contribution in [-0.4, -0.2) is 18.5 Å². The van der Waals surface area contributed by atoms with Crippen molar-refractivity contribution in [3.8, 4) is 6.07 Å². The minimum absolute atomic E-state index is 0.0909. The van der Waals surface area contributed by atoms with E-state index in [1.54, 1.807) is 12.1 Å². The number of benzene rings is 1. The molecule has 1 aromatic carbocycles. The lowest BCUT2D eigenvalue weighted by molar-refractivity contribution is -0.119. The molecule has 0 heterocycles. The van der Waals surface area contributed by atoms with E-state index in [2.05, 4.69) is 32.6 Å². The lowest BCUT2D eigenvalue weighted by Gasteiger charge is -2.11. The summed E-state index contributed by atoms with van der Waals surface area (Å²) in [4.78, 5) is 11.4. The number of hydrogen-bond donors (Lipinski definition) is 2. The maximum atomic E-state index is 11.4. The molecular weight excluding hydrogens is 282 g/mol. The monoisotopic (exact) mass is 295 g/mol. The maximum Gasteiger partial charge on any atom is 0.239 e. The van der Waals surface area contributed by atoms with Crippen molar-refractivity contribution < 1.29 is 4.79 Å². The van der Waals surface area contributed by atoms with Gasteiger partial charge in [0.05, 0.1) is 17.8 Å². The van der Waals surface area contributed by atoms with Crippen molar-refractivity contribution in [2.45, 2.75) is 19.9 Å². The molecule has 90 valence electrons. The molecule has 0 atom stereocenters. The van der Waals surface area contributed by atoms with Crippen LogP contribution in [0.1, 0.15) is 19.4 Å². The molecule has 1 aromatic rings. The van der Waals surface area contributed by atoms with E-state index in [1.807, 2.05) is 19.9 Å². The second-order valence-electron chi connectivity index (χ2n) is 3.88. The van der Waals surface area contributed by atoms with E-state index < -0.39 is 0 Å². The molecule has 17 heavy (non-hydrogen) atoms. The van der Waals surface area contributed by atoms with Crippen LogP contribution >= 0.6 is 15.9 Å². The topological polar surface area (TPSA) is 64.9 Å². The van der Waals surface area contributed by atoms with Gasteiger partial charge in [-0.2, -0.15) is 5.26 Å². The van der Waals surface area contributed by atoms with Crippen LogP contribution in [0.3, 0.4) is 0 Å². The van der Waals surface area contributed by atoms with Crippen molar-refractivity contribution in [1.82, 2.24) is 5.32 Å². The zero-order valence-electron chi connectivity index (χ0n) is 9.75. The number of nitriles is 1. The standard InChI is InChI=1S/C12H14BrN3O/c1-8(2)16-12(17)7-15-11-4-3-10(13)5-9(11)6-14/h3-5,8,15H,7H2,1-2H3,(H,16,17). The Morgan fingerprint density at radius 3 is 2.82 bits per heavy atom. The summed E-state index contributed by atoms with van der Waals surface area (Å²) in [5, 5.41) is 14.7. The van der Waals surface area contributed by atoms with Gasteiger partial charge in [0.15, 0.2) is 0 Å². The lowest BCUT2D eigenvalue weighted by atomic mass is 10.2. The Kier molecular flexibility index (Phi) is 4.98. The van der Waals surface area contributed by atoms with Gasteiger partial charge in [-0.15, -0.1) is 0 Å². The molecule has 5 heteroatoms. The average molecular weight is 296 g/mol. The summed E-state index contributed by atoms with van der Waals surface area (Å²) >= 11 is 3.29. The van der Waals surface area contributed by atoms with E-state index in [0.29, 0.717) is 11.3 Å². The first-order valence-corrected chi connectivity index (χ1v) is 6.05. The average Bonchev–Trinajstić information content (AvgIpc) is 2.26. The third-order valence-corrected chi connectivity index (χ3v) is 2.48. The number of hydrogen-bond acceptors (Lipinski definition) is 3. The molecule has 0 radical (unpaired) electrons. The Morgan fingerprint density at radius 1 is 1.53 bits per heavy atom. The van der Waals surface area contributed by atoms with Gasteiger partial charge in [0.2, 0.25) is 5.91 Å². The Labute approximate surface area is 109 Å². The molecule has 1 rings (SSSR count). The van der Waals surface area contributed by atoms with Crippen LogP contribution in [0.2, 0.25) is 0 Å². The quantitative estimate of drug-likeness (QED) is 0.895. The fourth-order valence-corrected chi connectivity index (χ4v) is 1.67. The molecule has 2 N–H and O–H groups in total. The minimum Gasteiger partial charge on any atom is -0.375 e. The summed E-state index contributed by atoms with van der Waals surface area (Å²) in [5.74, 6) is -0.0909. The minimum atomic E-state index is -0.0909. The number of carbonyl (C=O) groups excluding carboxylic acids is 1. The predicted octanol–water partition coefficient (Wildman–Crippen LogP) is 2.26. The summed E-state index contributed by atoms with van der Waals surface area (Å²) in [5.41, 5.74) is 1.17. The van der Waals surface area contributed by atoms with Crippen molar-refractivity contribution >= 4 is 27.5 Å². The Hall–Kier alpha value is -1.54. The first-order valence-electron chi connectivity index (χ1n) is 5.26. The van der Waals surface area contributed by atoms with Gasteiger partial charge in [0.25, 0.3) is 0 Å². The van der Waals surface area contributed by atoms with Crippen LogP contribution < -0.4 is 10.6 Å². The summed E-state index contributed by atoms with van der Waals surface area (Å²) in [6, 6.07) is 7.50. The first kappa shape index (κ1) is 13.5. The van der Waals surface area contributed by atoms with Crippen molar-refractivity contribution in [1.29, 1.82) is 5.26 Å². The summed E-state index contributed by atoms with van der Waals surface area (Å²) in [6.07, 6.45) is 0. The molecule has 1 amide bonds. The van der Waals surface area contributed by atoms with Gasteiger partial charge in [0.1, 0.15) is 6.07 Å². The van der Waals surface area contributed by atoms with Gasteiger partial charge in [-0.1, -0.05) is 15.9 Å². The largest absolute Gasteiger partial charge is 0.375 e. The third-order valence-electron chi connectivity index (χ3n) is 1.99. The Bertz CT molecular complexity index is 452. The normalized spacial score (nSPS) is 9.82. The molecule has 0 spiro atoms. The van der Waals surface area contributed by atoms with Crippen LogP contribution in [0.25, 0.3) is 0 Å². The van der Waals surface area contributed by atoms with E-state index in [1.165, 1.54) is 0 Å². The van der Waals surface area contributed by atoms with Crippen molar-refractivity contribution in [3.05, 3.63) is 28.2 Å². The molecule has 0 aromatic heterocycles. The number of carbonyl (C=O) groups is 1. The number of nitrogens with zero attached hydrogens (tertiary/aromatic N) is 1. The van der Waals surface area contributed by atoms with Gasteiger partial charge < -0.3 is 10.6 Å². The van der Waals surface area contributed by atoms with Gasteiger partial charge in [-0.25, -0.2) is 0 Å². The predicted molar refractivity (Wildman–Crippen MR) is 70.6 cm³/mol. The van der Waals surface area contributed by atoms with E-state index in [0.717, 1.165) is 4.47 Å². The van der Waals surface area contributed by atoms with Crippen molar-refractivity contribution in [2.75, 3.05) is 11.9 Å². The zero-order valence-corrected chi connectivity index (χ0v) is 11.3. The summed E-state index contributed by atoms with van der Waals surface area (Å²) in [7, 11) is 0. The highest BCUT2D eigenvalue weighted by Crippen LogP contribution is 2.19. The number of halogens is 1. The molecule has 0 aliphatic heterocycles. The molecule has 4 nitrogen and oxygen atoms in total. The number of rotatable bonds is 4.